The first-order chi connectivity index (χ1) is 6.86. The van der Waals surface area contributed by atoms with Crippen molar-refractivity contribution in [3.8, 4) is 0 Å². The predicted octanol–water partition coefficient (Wildman–Crippen LogP) is 4.18. The number of halogens is 1. The first kappa shape index (κ1) is 8.92. The van der Waals surface area contributed by atoms with Gasteiger partial charge in [0, 0.05) is 11.3 Å². The largest absolute Gasteiger partial charge is 0.148 e. The summed E-state index contributed by atoms with van der Waals surface area (Å²) < 4.78 is 0.554. The molecule has 1 aromatic heterocycles. The van der Waals surface area contributed by atoms with Crippen LogP contribution in [0.2, 0.25) is 0 Å². The van der Waals surface area contributed by atoms with Crippen LogP contribution in [0.3, 0.4) is 0 Å². The van der Waals surface area contributed by atoms with E-state index < -0.39 is 0 Å². The van der Waals surface area contributed by atoms with E-state index in [0.717, 1.165) is 6.42 Å². The molecule has 70 valence electrons. The monoisotopic (exact) mass is 312 g/mol. The number of alkyl halides is 1. The fraction of sp³-hybridized carbons (Fsp3) is 0.167. The Morgan fingerprint density at radius 1 is 1.14 bits per heavy atom. The molecule has 1 aromatic carbocycles. The van der Waals surface area contributed by atoms with Gasteiger partial charge >= 0.3 is 0 Å². The van der Waals surface area contributed by atoms with Gasteiger partial charge in [-0.05, 0) is 28.1 Å². The third-order valence-electron chi connectivity index (χ3n) is 2.73. The third-order valence-corrected chi connectivity index (χ3v) is 5.01. The van der Waals surface area contributed by atoms with Gasteiger partial charge in [-0.2, -0.15) is 0 Å². The Morgan fingerprint density at radius 2 is 2.00 bits per heavy atom. The number of hydrogen-bond acceptors (Lipinski definition) is 1. The lowest BCUT2D eigenvalue weighted by Gasteiger charge is -2.21. The van der Waals surface area contributed by atoms with Gasteiger partial charge in [0.15, 0.2) is 0 Å². The second kappa shape index (κ2) is 3.35. The molecule has 0 aliphatic heterocycles. The number of thiophene rings is 1. The van der Waals surface area contributed by atoms with Gasteiger partial charge in [-0.25, -0.2) is 0 Å². The summed E-state index contributed by atoms with van der Waals surface area (Å²) in [6, 6.07) is 11.1. The Bertz CT molecular complexity index is 473. The van der Waals surface area contributed by atoms with Crippen LogP contribution in [0.5, 0.6) is 0 Å². The smallest absolute Gasteiger partial charge is 0.0622 e. The minimum atomic E-state index is 0.554. The summed E-state index contributed by atoms with van der Waals surface area (Å²) >= 11 is 4.43. The van der Waals surface area contributed by atoms with Gasteiger partial charge in [-0.3, -0.25) is 0 Å². The summed E-state index contributed by atoms with van der Waals surface area (Å²) in [5.74, 6) is 0. The summed E-state index contributed by atoms with van der Waals surface area (Å²) in [5.41, 5.74) is 4.52. The zero-order chi connectivity index (χ0) is 9.54. The molecule has 1 aliphatic rings. The molecular formula is C12H9IS. The number of rotatable bonds is 0. The summed E-state index contributed by atoms with van der Waals surface area (Å²) in [6.07, 6.45) is 1.13. The van der Waals surface area contributed by atoms with Gasteiger partial charge in [0.25, 0.3) is 0 Å². The van der Waals surface area contributed by atoms with E-state index in [1.165, 1.54) is 16.7 Å². The van der Waals surface area contributed by atoms with Crippen LogP contribution >= 0.6 is 33.9 Å². The maximum Gasteiger partial charge on any atom is 0.0622 e. The first-order valence-corrected chi connectivity index (χ1v) is 6.77. The minimum Gasteiger partial charge on any atom is -0.148 e. The molecular weight excluding hydrogens is 303 g/mol. The quantitative estimate of drug-likeness (QED) is 0.506. The molecule has 3 rings (SSSR count). The highest BCUT2D eigenvalue weighted by Crippen LogP contribution is 2.42. The Kier molecular flexibility index (Phi) is 2.13. The number of hydrogen-bond donors (Lipinski definition) is 0. The van der Waals surface area contributed by atoms with Crippen molar-refractivity contribution in [1.82, 2.24) is 0 Å². The maximum absolute atomic E-state index is 2.54. The van der Waals surface area contributed by atoms with Crippen molar-refractivity contribution in [3.05, 3.63) is 57.3 Å². The Morgan fingerprint density at radius 3 is 2.93 bits per heavy atom. The zero-order valence-electron chi connectivity index (χ0n) is 7.53. The Labute approximate surface area is 101 Å². The second-order valence-corrected chi connectivity index (χ2v) is 5.78. The van der Waals surface area contributed by atoms with Crippen molar-refractivity contribution in [1.29, 1.82) is 0 Å². The fourth-order valence-electron chi connectivity index (χ4n) is 2.00. The third kappa shape index (κ3) is 1.24. The molecule has 2 aromatic rings. The van der Waals surface area contributed by atoms with E-state index in [-0.39, 0.29) is 0 Å². The molecule has 0 amide bonds. The molecule has 1 atom stereocenters. The van der Waals surface area contributed by atoms with Crippen molar-refractivity contribution in [3.63, 3.8) is 0 Å². The van der Waals surface area contributed by atoms with E-state index >= 15 is 0 Å². The number of benzene rings is 1. The van der Waals surface area contributed by atoms with Gasteiger partial charge in [-0.15, -0.1) is 11.3 Å². The van der Waals surface area contributed by atoms with E-state index in [0.29, 0.717) is 3.92 Å². The molecule has 14 heavy (non-hydrogen) atoms. The lowest BCUT2D eigenvalue weighted by atomic mass is 9.91. The molecule has 0 nitrogen and oxygen atoms in total. The van der Waals surface area contributed by atoms with Crippen molar-refractivity contribution in [2.75, 3.05) is 0 Å². The Balaban J connectivity index is 2.20. The highest BCUT2D eigenvalue weighted by Gasteiger charge is 2.23. The van der Waals surface area contributed by atoms with E-state index in [4.69, 9.17) is 0 Å². The molecule has 0 fully saturated rings. The van der Waals surface area contributed by atoms with E-state index in [1.54, 1.807) is 4.88 Å². The van der Waals surface area contributed by atoms with Gasteiger partial charge in [-0.1, -0.05) is 46.9 Å². The summed E-state index contributed by atoms with van der Waals surface area (Å²) in [5, 5.41) is 2.21. The maximum atomic E-state index is 2.54. The number of fused-ring (bicyclic) bond motifs is 2. The van der Waals surface area contributed by atoms with Crippen LogP contribution in [-0.2, 0) is 6.42 Å². The van der Waals surface area contributed by atoms with E-state index in [2.05, 4.69) is 58.3 Å². The van der Waals surface area contributed by atoms with Crippen molar-refractivity contribution in [2.45, 2.75) is 10.3 Å². The molecule has 0 radical (unpaired) electrons. The molecule has 2 heteroatoms. The fourth-order valence-corrected chi connectivity index (χ4v) is 4.35. The lowest BCUT2D eigenvalue weighted by Crippen LogP contribution is -2.06. The first-order valence-electron chi connectivity index (χ1n) is 4.64. The molecule has 1 heterocycles. The summed E-state index contributed by atoms with van der Waals surface area (Å²) in [7, 11) is 0. The van der Waals surface area contributed by atoms with Gasteiger partial charge < -0.3 is 0 Å². The van der Waals surface area contributed by atoms with E-state index in [1.807, 2.05) is 11.3 Å². The minimum absolute atomic E-state index is 0.554. The highest BCUT2D eigenvalue weighted by molar-refractivity contribution is 14.1. The molecule has 1 aliphatic carbocycles. The molecule has 0 saturated carbocycles. The summed E-state index contributed by atoms with van der Waals surface area (Å²) in [6.45, 7) is 0. The van der Waals surface area contributed by atoms with Crippen LogP contribution in [0.25, 0.3) is 0 Å². The van der Waals surface area contributed by atoms with Crippen LogP contribution in [0.15, 0.2) is 35.7 Å². The van der Waals surface area contributed by atoms with Gasteiger partial charge in [0.1, 0.15) is 0 Å². The standard InChI is InChI=1S/C12H9IS/c13-12-9-4-2-1-3-8(9)7-11-10(12)5-6-14-11/h1-6,12H,7H2. The van der Waals surface area contributed by atoms with Crippen molar-refractivity contribution >= 4 is 33.9 Å². The summed E-state index contributed by atoms with van der Waals surface area (Å²) in [4.78, 5) is 1.54. The average Bonchev–Trinajstić information content (AvgIpc) is 2.66. The highest BCUT2D eigenvalue weighted by atomic mass is 127. The van der Waals surface area contributed by atoms with Gasteiger partial charge in [0.05, 0.1) is 3.92 Å². The molecule has 0 bridgehead atoms. The SMILES string of the molecule is IC1c2ccccc2Cc2sccc21. The van der Waals surface area contributed by atoms with Crippen LogP contribution < -0.4 is 0 Å². The topological polar surface area (TPSA) is 0 Å². The van der Waals surface area contributed by atoms with Crippen LogP contribution in [0.4, 0.5) is 0 Å². The Hall–Kier alpha value is -0.350. The van der Waals surface area contributed by atoms with E-state index in [9.17, 15) is 0 Å². The molecule has 1 unspecified atom stereocenters. The van der Waals surface area contributed by atoms with Crippen LogP contribution in [0, 0.1) is 0 Å². The lowest BCUT2D eigenvalue weighted by molar-refractivity contribution is 1.04. The van der Waals surface area contributed by atoms with Crippen molar-refractivity contribution < 1.29 is 0 Å². The van der Waals surface area contributed by atoms with Crippen LogP contribution in [-0.4, -0.2) is 0 Å². The average molecular weight is 312 g/mol. The molecule has 0 spiro atoms. The molecule has 0 N–H and O–H groups in total. The second-order valence-electron chi connectivity index (χ2n) is 3.54. The molecule has 0 saturated heterocycles. The normalized spacial score (nSPS) is 18.8. The zero-order valence-corrected chi connectivity index (χ0v) is 10.5. The van der Waals surface area contributed by atoms with Gasteiger partial charge in [0.2, 0.25) is 0 Å². The van der Waals surface area contributed by atoms with Crippen LogP contribution in [0.1, 0.15) is 25.5 Å². The predicted molar refractivity (Wildman–Crippen MR) is 69.4 cm³/mol. The van der Waals surface area contributed by atoms with Crippen molar-refractivity contribution in [2.24, 2.45) is 0 Å².